The molecule has 10 nitrogen and oxygen atoms in total. The summed E-state index contributed by atoms with van der Waals surface area (Å²) >= 11 is 0. The van der Waals surface area contributed by atoms with E-state index in [2.05, 4.69) is 20.5 Å². The van der Waals surface area contributed by atoms with Crippen LogP contribution in [-0.4, -0.2) is 54.9 Å². The summed E-state index contributed by atoms with van der Waals surface area (Å²) in [4.78, 5) is 16.5. The van der Waals surface area contributed by atoms with Gasteiger partial charge in [0.15, 0.2) is 11.6 Å². The van der Waals surface area contributed by atoms with Gasteiger partial charge in [0.2, 0.25) is 0 Å². The Balaban J connectivity index is 1.42. The van der Waals surface area contributed by atoms with Crippen LogP contribution in [0.1, 0.15) is 24.6 Å². The Bertz CT molecular complexity index is 1430. The highest BCUT2D eigenvalue weighted by Crippen LogP contribution is 2.32. The van der Waals surface area contributed by atoms with Crippen molar-refractivity contribution in [3.63, 3.8) is 0 Å². The molecule has 2 atom stereocenters. The number of hydrogen-bond acceptors (Lipinski definition) is 8. The summed E-state index contributed by atoms with van der Waals surface area (Å²) in [6.45, 7) is 6.87. The average molecular weight is 477 g/mol. The summed E-state index contributed by atoms with van der Waals surface area (Å²) in [5.41, 5.74) is 4.11. The monoisotopic (exact) mass is 476 g/mol. The molecule has 5 heterocycles. The fraction of sp³-hybridized carbons (Fsp3) is 0.360. The third kappa shape index (κ3) is 4.75. The van der Waals surface area contributed by atoms with Gasteiger partial charge in [0, 0.05) is 42.2 Å². The van der Waals surface area contributed by atoms with E-state index in [0.29, 0.717) is 42.5 Å². The predicted octanol–water partition coefficient (Wildman–Crippen LogP) is 2.86. The molecule has 0 aliphatic carbocycles. The molecular weight excluding hydrogens is 448 g/mol. The number of aliphatic hydroxyl groups is 1. The van der Waals surface area contributed by atoms with Crippen molar-refractivity contribution in [1.29, 1.82) is 0 Å². The Morgan fingerprint density at radius 3 is 2.80 bits per heavy atom. The average Bonchev–Trinajstić information content (AvgIpc) is 3.44. The van der Waals surface area contributed by atoms with Gasteiger partial charge in [0.1, 0.15) is 18.5 Å². The van der Waals surface area contributed by atoms with Crippen LogP contribution in [-0.2, 0) is 11.3 Å². The Labute approximate surface area is 202 Å². The Kier molecular flexibility index (Phi) is 6.23. The lowest BCUT2D eigenvalue weighted by Crippen LogP contribution is -2.28. The van der Waals surface area contributed by atoms with E-state index in [4.69, 9.17) is 9.47 Å². The van der Waals surface area contributed by atoms with Crippen molar-refractivity contribution in [3.8, 4) is 16.9 Å². The van der Waals surface area contributed by atoms with Gasteiger partial charge in [-0.2, -0.15) is 10.2 Å². The summed E-state index contributed by atoms with van der Waals surface area (Å²) < 4.78 is 14.8. The number of aliphatic hydroxyl groups excluding tert-OH is 1. The number of pyridine rings is 2. The molecule has 4 aromatic rings. The number of hydrogen-bond donors (Lipinski definition) is 2. The molecule has 35 heavy (non-hydrogen) atoms. The van der Waals surface area contributed by atoms with Crippen LogP contribution >= 0.6 is 0 Å². The first-order valence-corrected chi connectivity index (χ1v) is 11.7. The van der Waals surface area contributed by atoms with E-state index in [9.17, 15) is 9.90 Å². The van der Waals surface area contributed by atoms with Crippen LogP contribution in [0.25, 0.3) is 16.6 Å². The molecule has 1 aliphatic rings. The quantitative estimate of drug-likeness (QED) is 0.418. The Morgan fingerprint density at radius 2 is 2.03 bits per heavy atom. The summed E-state index contributed by atoms with van der Waals surface area (Å²) in [5.74, 6) is 1.80. The van der Waals surface area contributed by atoms with Crippen LogP contribution in [0.5, 0.6) is 5.75 Å². The predicted molar refractivity (Wildman–Crippen MR) is 131 cm³/mol. The smallest absolute Gasteiger partial charge is 0.269 e. The molecule has 0 saturated carbocycles. The number of aryl methyl sites for hydroxylation is 3. The summed E-state index contributed by atoms with van der Waals surface area (Å²) in [7, 11) is 0. The van der Waals surface area contributed by atoms with Crippen LogP contribution < -0.4 is 15.6 Å². The number of fused-ring (bicyclic) bond motifs is 1. The van der Waals surface area contributed by atoms with Crippen LogP contribution in [0.15, 0.2) is 47.5 Å². The maximum atomic E-state index is 12.1. The molecular formula is C25H28N6O4. The summed E-state index contributed by atoms with van der Waals surface area (Å²) in [5, 5.41) is 22.2. The van der Waals surface area contributed by atoms with Gasteiger partial charge >= 0.3 is 0 Å². The molecule has 4 aromatic heterocycles. The lowest BCUT2D eigenvalue weighted by Gasteiger charge is -2.17. The number of nitrogens with zero attached hydrogens (tertiary/aromatic N) is 5. The lowest BCUT2D eigenvalue weighted by atomic mass is 10.1. The topological polar surface area (TPSA) is 116 Å². The third-order valence-corrected chi connectivity index (χ3v) is 6.07. The normalized spacial score (nSPS) is 17.7. The largest absolute Gasteiger partial charge is 0.489 e. The fourth-order valence-electron chi connectivity index (χ4n) is 4.16. The van der Waals surface area contributed by atoms with Gasteiger partial charge in [0.05, 0.1) is 17.8 Å². The van der Waals surface area contributed by atoms with Crippen LogP contribution in [0.4, 0.5) is 11.6 Å². The van der Waals surface area contributed by atoms with Gasteiger partial charge in [-0.05, 0) is 57.0 Å². The lowest BCUT2D eigenvalue weighted by molar-refractivity contribution is 0.0110. The fourth-order valence-corrected chi connectivity index (χ4v) is 4.16. The minimum atomic E-state index is -0.513. The van der Waals surface area contributed by atoms with Crippen LogP contribution in [0.2, 0.25) is 0 Å². The van der Waals surface area contributed by atoms with E-state index >= 15 is 0 Å². The second-order valence-electron chi connectivity index (χ2n) is 8.67. The van der Waals surface area contributed by atoms with Gasteiger partial charge < -0.3 is 19.9 Å². The zero-order valence-electron chi connectivity index (χ0n) is 19.9. The van der Waals surface area contributed by atoms with Crippen molar-refractivity contribution < 1.29 is 14.6 Å². The molecule has 10 heteroatoms. The minimum Gasteiger partial charge on any atom is -0.489 e. The molecule has 0 aromatic carbocycles. The molecule has 0 spiro atoms. The van der Waals surface area contributed by atoms with Crippen molar-refractivity contribution in [2.75, 3.05) is 18.5 Å². The molecule has 1 saturated heterocycles. The first kappa shape index (κ1) is 23.0. The molecule has 2 N–H and O–H groups in total. The Morgan fingerprint density at radius 1 is 1.20 bits per heavy atom. The minimum absolute atomic E-state index is 0.0997. The van der Waals surface area contributed by atoms with Gasteiger partial charge in [0.25, 0.3) is 5.56 Å². The first-order valence-electron chi connectivity index (χ1n) is 11.7. The van der Waals surface area contributed by atoms with Gasteiger partial charge in [-0.3, -0.25) is 9.78 Å². The van der Waals surface area contributed by atoms with E-state index in [0.717, 1.165) is 22.3 Å². The van der Waals surface area contributed by atoms with Crippen molar-refractivity contribution in [1.82, 2.24) is 24.4 Å². The van der Waals surface area contributed by atoms with Crippen LogP contribution in [0.3, 0.4) is 0 Å². The number of anilines is 2. The first-order chi connectivity index (χ1) is 16.9. The number of aromatic nitrogens is 5. The molecule has 182 valence electrons. The molecule has 0 radical (unpaired) electrons. The summed E-state index contributed by atoms with van der Waals surface area (Å²) in [6, 6.07) is 9.60. The molecule has 0 bridgehead atoms. The summed E-state index contributed by atoms with van der Waals surface area (Å²) in [6.07, 6.45) is 3.35. The van der Waals surface area contributed by atoms with Crippen molar-refractivity contribution >= 4 is 17.2 Å². The van der Waals surface area contributed by atoms with Gasteiger partial charge in [-0.25, -0.2) is 9.20 Å². The van der Waals surface area contributed by atoms with E-state index < -0.39 is 6.10 Å². The van der Waals surface area contributed by atoms with E-state index in [1.807, 2.05) is 44.3 Å². The zero-order chi connectivity index (χ0) is 24.5. The molecule has 0 amide bonds. The van der Waals surface area contributed by atoms with Crippen molar-refractivity contribution in [3.05, 3.63) is 64.3 Å². The van der Waals surface area contributed by atoms with E-state index in [1.54, 1.807) is 23.7 Å². The van der Waals surface area contributed by atoms with Crippen molar-refractivity contribution in [2.45, 2.75) is 45.9 Å². The number of nitrogens with one attached hydrogen (secondary N) is 1. The van der Waals surface area contributed by atoms with Crippen molar-refractivity contribution in [2.24, 2.45) is 0 Å². The Hall–Kier alpha value is -3.76. The zero-order valence-corrected chi connectivity index (χ0v) is 19.9. The maximum Gasteiger partial charge on any atom is 0.269 e. The maximum absolute atomic E-state index is 12.1. The highest BCUT2D eigenvalue weighted by Gasteiger charge is 2.27. The van der Waals surface area contributed by atoms with Gasteiger partial charge in [-0.1, -0.05) is 0 Å². The molecule has 1 aliphatic heterocycles. The second-order valence-corrected chi connectivity index (χ2v) is 8.67. The highest BCUT2D eigenvalue weighted by atomic mass is 16.5. The molecule has 5 rings (SSSR count). The third-order valence-electron chi connectivity index (χ3n) is 6.07. The standard InChI is InChI=1S/C25H28N6O4/c1-4-30-25(33)15(2)9-23(28-30)27-24-12-18-11-17(5-7-31(18)29-24)19-10-16(3)26-13-21(19)35-14-22-20(32)6-8-34-22/h5,7,9-13,20,22,32H,4,6,8,14H2,1-3H3,(H,27,28,29)/t20-,22+/m0/s1. The molecule has 0 unspecified atom stereocenters. The molecule has 1 fully saturated rings. The van der Waals surface area contributed by atoms with E-state index in [-0.39, 0.29) is 18.3 Å². The number of ether oxygens (including phenoxy) is 2. The van der Waals surface area contributed by atoms with Crippen LogP contribution in [0, 0.1) is 13.8 Å². The SMILES string of the molecule is CCn1nc(Nc2cc3cc(-c4cc(C)ncc4OC[C@H]4OCC[C@@H]4O)ccn3n2)cc(C)c1=O. The second kappa shape index (κ2) is 9.47. The highest BCUT2D eigenvalue weighted by molar-refractivity contribution is 5.75. The van der Waals surface area contributed by atoms with Gasteiger partial charge in [-0.15, -0.1) is 0 Å². The number of rotatable bonds is 7. The van der Waals surface area contributed by atoms with E-state index in [1.165, 1.54) is 4.68 Å².